The van der Waals surface area contributed by atoms with E-state index in [1.165, 1.54) is 18.2 Å². The molecule has 1 fully saturated rings. The summed E-state index contributed by atoms with van der Waals surface area (Å²) in [4.78, 5) is 32.3. The Morgan fingerprint density at radius 2 is 1.74 bits per heavy atom. The molecule has 0 unspecified atom stereocenters. The predicted octanol–water partition coefficient (Wildman–Crippen LogP) is 4.96. The fourth-order valence-electron chi connectivity index (χ4n) is 4.46. The zero-order chi connectivity index (χ0) is 27.6. The number of aldehydes is 1. The van der Waals surface area contributed by atoms with Crippen LogP contribution in [0.25, 0.3) is 22.6 Å². The van der Waals surface area contributed by atoms with E-state index < -0.39 is 11.7 Å². The van der Waals surface area contributed by atoms with E-state index in [-0.39, 0.29) is 23.9 Å². The number of nitriles is 1. The number of nitrogens with one attached hydrogen (secondary N) is 1. The van der Waals surface area contributed by atoms with Crippen LogP contribution in [-0.4, -0.2) is 54.8 Å². The third kappa shape index (κ3) is 5.76. The molecular weight excluding hydrogens is 511 g/mol. The lowest BCUT2D eigenvalue weighted by atomic mass is 10.1. The van der Waals surface area contributed by atoms with Crippen LogP contribution in [-0.2, 0) is 11.0 Å². The summed E-state index contributed by atoms with van der Waals surface area (Å²) in [7, 11) is 0. The Morgan fingerprint density at radius 3 is 2.36 bits per heavy atom. The molecule has 3 aromatic carbocycles. The maximum atomic E-state index is 12.8. The molecule has 0 aliphatic carbocycles. The highest BCUT2D eigenvalue weighted by Crippen LogP contribution is 2.31. The van der Waals surface area contributed by atoms with Gasteiger partial charge in [-0.1, -0.05) is 0 Å². The second-order valence-corrected chi connectivity index (χ2v) is 9.10. The molecule has 1 aliphatic rings. The van der Waals surface area contributed by atoms with Crippen LogP contribution in [0.1, 0.15) is 21.5 Å². The SMILES string of the molecule is N#Cc1cc(C=O)c2oc(-c3ccc(NC(=O)CN4CCN(c5ccc(C(F)(F)F)cc5)CC4)cc3)nc2c1. The van der Waals surface area contributed by atoms with Crippen LogP contribution in [0.4, 0.5) is 24.5 Å². The van der Waals surface area contributed by atoms with Gasteiger partial charge in [0.1, 0.15) is 5.52 Å². The van der Waals surface area contributed by atoms with E-state index in [9.17, 15) is 22.8 Å². The number of hydrogen-bond donors (Lipinski definition) is 1. The highest BCUT2D eigenvalue weighted by molar-refractivity contribution is 5.95. The topological polar surface area (TPSA) is 102 Å². The van der Waals surface area contributed by atoms with E-state index in [4.69, 9.17) is 9.68 Å². The first-order chi connectivity index (χ1) is 18.7. The van der Waals surface area contributed by atoms with Gasteiger partial charge >= 0.3 is 6.18 Å². The number of aromatic nitrogens is 1. The average molecular weight is 534 g/mol. The molecule has 1 saturated heterocycles. The Labute approximate surface area is 221 Å². The van der Waals surface area contributed by atoms with Gasteiger partial charge < -0.3 is 14.6 Å². The number of benzene rings is 3. The summed E-state index contributed by atoms with van der Waals surface area (Å²) >= 11 is 0. The molecule has 0 saturated carbocycles. The molecule has 1 aromatic heterocycles. The van der Waals surface area contributed by atoms with E-state index >= 15 is 0 Å². The van der Waals surface area contributed by atoms with Gasteiger partial charge in [0.2, 0.25) is 11.8 Å². The summed E-state index contributed by atoms with van der Waals surface area (Å²) < 4.78 is 44.1. The normalized spacial score (nSPS) is 14.3. The number of rotatable bonds is 6. The third-order valence-corrected chi connectivity index (χ3v) is 6.49. The van der Waals surface area contributed by atoms with Crippen molar-refractivity contribution in [3.63, 3.8) is 0 Å². The van der Waals surface area contributed by atoms with Crippen molar-refractivity contribution in [2.45, 2.75) is 6.18 Å². The summed E-state index contributed by atoms with van der Waals surface area (Å²) in [5.74, 6) is 0.0965. The number of hydrogen-bond acceptors (Lipinski definition) is 7. The molecule has 0 atom stereocenters. The van der Waals surface area contributed by atoms with Gasteiger partial charge in [-0.05, 0) is 60.7 Å². The summed E-state index contributed by atoms with van der Waals surface area (Å²) in [5.41, 5.74) is 2.53. The van der Waals surface area contributed by atoms with Gasteiger partial charge in [-0.25, -0.2) is 4.98 Å². The fourth-order valence-corrected chi connectivity index (χ4v) is 4.46. The number of anilines is 2. The molecule has 2 heterocycles. The molecule has 11 heteroatoms. The molecule has 4 aromatic rings. The molecule has 198 valence electrons. The predicted molar refractivity (Wildman–Crippen MR) is 138 cm³/mol. The first-order valence-electron chi connectivity index (χ1n) is 12.1. The van der Waals surface area contributed by atoms with Gasteiger partial charge in [0.05, 0.1) is 29.3 Å². The van der Waals surface area contributed by atoms with Crippen molar-refractivity contribution in [3.05, 3.63) is 77.4 Å². The molecule has 1 N–H and O–H groups in total. The van der Waals surface area contributed by atoms with Gasteiger partial charge in [-0.2, -0.15) is 18.4 Å². The number of alkyl halides is 3. The molecular formula is C28H22F3N5O3. The monoisotopic (exact) mass is 533 g/mol. The molecule has 39 heavy (non-hydrogen) atoms. The first-order valence-corrected chi connectivity index (χ1v) is 12.1. The summed E-state index contributed by atoms with van der Waals surface area (Å²) in [6.07, 6.45) is -3.75. The maximum absolute atomic E-state index is 12.8. The van der Waals surface area contributed by atoms with Gasteiger partial charge in [0, 0.05) is 43.1 Å². The number of fused-ring (bicyclic) bond motifs is 1. The van der Waals surface area contributed by atoms with E-state index in [1.54, 1.807) is 30.3 Å². The highest BCUT2D eigenvalue weighted by Gasteiger charge is 2.30. The molecule has 0 bridgehead atoms. The highest BCUT2D eigenvalue weighted by atomic mass is 19.4. The molecule has 1 amide bonds. The van der Waals surface area contributed by atoms with Crippen LogP contribution in [0.2, 0.25) is 0 Å². The number of carbonyl (C=O) groups is 2. The minimum absolute atomic E-state index is 0.184. The zero-order valence-electron chi connectivity index (χ0n) is 20.5. The van der Waals surface area contributed by atoms with Crippen LogP contribution in [0.5, 0.6) is 0 Å². The summed E-state index contributed by atoms with van der Waals surface area (Å²) in [6, 6.07) is 17.0. The minimum Gasteiger partial charge on any atom is -0.435 e. The van der Waals surface area contributed by atoms with Crippen molar-refractivity contribution in [1.29, 1.82) is 5.26 Å². The van der Waals surface area contributed by atoms with Crippen LogP contribution in [0, 0.1) is 11.3 Å². The second-order valence-electron chi connectivity index (χ2n) is 9.10. The maximum Gasteiger partial charge on any atom is 0.416 e. The lowest BCUT2D eigenvalue weighted by molar-refractivity contribution is -0.137. The van der Waals surface area contributed by atoms with Gasteiger partial charge in [0.25, 0.3) is 0 Å². The average Bonchev–Trinajstić information content (AvgIpc) is 3.37. The smallest absolute Gasteiger partial charge is 0.416 e. The number of oxazole rings is 1. The Kier molecular flexibility index (Phi) is 7.04. The second kappa shape index (κ2) is 10.6. The van der Waals surface area contributed by atoms with Crippen LogP contribution in [0.3, 0.4) is 0 Å². The fraction of sp³-hybridized carbons (Fsp3) is 0.214. The molecule has 0 radical (unpaired) electrons. The first kappa shape index (κ1) is 25.9. The Morgan fingerprint density at radius 1 is 1.05 bits per heavy atom. The zero-order valence-corrected chi connectivity index (χ0v) is 20.5. The van der Waals surface area contributed by atoms with Crippen molar-refractivity contribution < 1.29 is 27.2 Å². The van der Waals surface area contributed by atoms with Crippen molar-refractivity contribution in [2.75, 3.05) is 42.9 Å². The third-order valence-electron chi connectivity index (χ3n) is 6.49. The molecule has 5 rings (SSSR count). The van der Waals surface area contributed by atoms with E-state index in [2.05, 4.69) is 10.3 Å². The Hall–Kier alpha value is -4.69. The van der Waals surface area contributed by atoms with Gasteiger partial charge in [-0.15, -0.1) is 0 Å². The Balaban J connectivity index is 1.16. The van der Waals surface area contributed by atoms with Crippen molar-refractivity contribution in [3.8, 4) is 17.5 Å². The summed E-state index contributed by atoms with van der Waals surface area (Å²) in [6.45, 7) is 2.57. The molecule has 8 nitrogen and oxygen atoms in total. The van der Waals surface area contributed by atoms with Gasteiger partial charge in [0.15, 0.2) is 11.9 Å². The lowest BCUT2D eigenvalue weighted by Gasteiger charge is -2.35. The number of halogens is 3. The van der Waals surface area contributed by atoms with Crippen LogP contribution in [0.15, 0.2) is 65.1 Å². The Bertz CT molecular complexity index is 1550. The largest absolute Gasteiger partial charge is 0.435 e. The quantitative estimate of drug-likeness (QED) is 0.350. The van der Waals surface area contributed by atoms with Crippen molar-refractivity contribution in [2.24, 2.45) is 0 Å². The van der Waals surface area contributed by atoms with Gasteiger partial charge in [-0.3, -0.25) is 14.5 Å². The number of carbonyl (C=O) groups excluding carboxylic acids is 2. The molecule has 1 aliphatic heterocycles. The van der Waals surface area contributed by atoms with E-state index in [1.807, 2.05) is 15.9 Å². The van der Waals surface area contributed by atoms with Crippen LogP contribution >= 0.6 is 0 Å². The van der Waals surface area contributed by atoms with Crippen molar-refractivity contribution >= 4 is 34.7 Å². The van der Waals surface area contributed by atoms with E-state index in [0.717, 1.165) is 17.8 Å². The molecule has 0 spiro atoms. The number of nitrogens with zero attached hydrogens (tertiary/aromatic N) is 4. The standard InChI is InChI=1S/C28H22F3N5O3/c29-28(30,31)21-3-7-23(8-4-21)36-11-9-35(10-12-36)16-25(38)33-22-5-1-19(2-6-22)27-34-24-14-18(15-32)13-20(17-37)26(24)39-27/h1-8,13-14,17H,9-12,16H2,(H,33,38). The van der Waals surface area contributed by atoms with Crippen LogP contribution < -0.4 is 10.2 Å². The summed E-state index contributed by atoms with van der Waals surface area (Å²) in [5, 5.41) is 12.0. The van der Waals surface area contributed by atoms with E-state index in [0.29, 0.717) is 60.4 Å². The number of piperazine rings is 1. The lowest BCUT2D eigenvalue weighted by Crippen LogP contribution is -2.48. The minimum atomic E-state index is -4.36. The van der Waals surface area contributed by atoms with Crippen molar-refractivity contribution in [1.82, 2.24) is 9.88 Å². The number of amides is 1.